The number of nitrogens with zero attached hydrogens (tertiary/aromatic N) is 1. The molecule has 0 saturated carbocycles. The van der Waals surface area contributed by atoms with E-state index < -0.39 is 10.0 Å². The topological polar surface area (TPSA) is 92.3 Å². The quantitative estimate of drug-likeness (QED) is 0.615. The average molecular weight is 421 g/mol. The molecule has 0 aliphatic rings. The van der Waals surface area contributed by atoms with Crippen LogP contribution < -0.4 is 15.4 Å². The van der Waals surface area contributed by atoms with E-state index >= 15 is 0 Å². The van der Waals surface area contributed by atoms with Gasteiger partial charge in [-0.05, 0) is 43.3 Å². The third kappa shape index (κ3) is 6.03. The van der Waals surface area contributed by atoms with E-state index in [0.29, 0.717) is 18.8 Å². The number of quaternary nitrogens is 1. The lowest BCUT2D eigenvalue weighted by molar-refractivity contribution is -0.682. The Morgan fingerprint density at radius 1 is 1.07 bits per heavy atom. The van der Waals surface area contributed by atoms with Crippen molar-refractivity contribution in [1.82, 2.24) is 4.31 Å². The van der Waals surface area contributed by atoms with Gasteiger partial charge in [0.05, 0.1) is 12.0 Å². The van der Waals surface area contributed by atoms with E-state index in [-0.39, 0.29) is 23.4 Å². The number of nitrogens with one attached hydrogen (secondary N) is 1. The molecule has 0 radical (unpaired) electrons. The molecule has 0 fully saturated rings. The monoisotopic (exact) mass is 420 g/mol. The molecule has 8 heteroatoms. The van der Waals surface area contributed by atoms with E-state index in [1.54, 1.807) is 55.6 Å². The number of carbonyl (C=O) groups excluding carboxylic acids is 1. The predicted molar refractivity (Wildman–Crippen MR) is 113 cm³/mol. The van der Waals surface area contributed by atoms with E-state index in [0.717, 1.165) is 11.3 Å². The predicted octanol–water partition coefficient (Wildman–Crippen LogP) is 1.99. The minimum Gasteiger partial charge on any atom is -0.497 e. The summed E-state index contributed by atoms with van der Waals surface area (Å²) in [5, 5.41) is 4.75. The molecule has 3 N–H and O–H groups in total. The Labute approximate surface area is 173 Å². The number of hydrogen-bond donors (Lipinski definition) is 2. The number of ether oxygens (including phenoxy) is 1. The first-order valence-electron chi connectivity index (χ1n) is 9.69. The number of methoxy groups -OCH3 is 1. The maximum absolute atomic E-state index is 12.6. The summed E-state index contributed by atoms with van der Waals surface area (Å²) in [6.45, 7) is 6.76. The molecular weight excluding hydrogens is 390 g/mol. The number of carbonyl (C=O) groups is 1. The molecule has 2 rings (SSSR count). The molecule has 0 heterocycles. The number of anilines is 1. The van der Waals surface area contributed by atoms with Crippen molar-refractivity contribution in [3.05, 3.63) is 54.1 Å². The van der Waals surface area contributed by atoms with Crippen LogP contribution in [0.1, 0.15) is 32.4 Å². The van der Waals surface area contributed by atoms with Crippen molar-refractivity contribution in [3.8, 4) is 5.75 Å². The zero-order valence-corrected chi connectivity index (χ0v) is 18.2. The largest absolute Gasteiger partial charge is 0.497 e. The number of hydrogen-bond acceptors (Lipinski definition) is 4. The van der Waals surface area contributed by atoms with Crippen LogP contribution in [0.5, 0.6) is 5.75 Å². The van der Waals surface area contributed by atoms with Crippen molar-refractivity contribution in [2.75, 3.05) is 32.1 Å². The summed E-state index contributed by atoms with van der Waals surface area (Å²) in [5.74, 6) is 0.623. The van der Waals surface area contributed by atoms with Gasteiger partial charge in [0.1, 0.15) is 11.8 Å². The molecule has 2 aromatic rings. The lowest BCUT2D eigenvalue weighted by atomic mass is 10.1. The van der Waals surface area contributed by atoms with Gasteiger partial charge in [0.25, 0.3) is 5.91 Å². The van der Waals surface area contributed by atoms with Gasteiger partial charge >= 0.3 is 0 Å². The summed E-state index contributed by atoms with van der Waals surface area (Å²) in [4.78, 5) is 12.5. The summed E-state index contributed by atoms with van der Waals surface area (Å²) < 4.78 is 31.7. The maximum Gasteiger partial charge on any atom is 0.279 e. The van der Waals surface area contributed by atoms with Crippen LogP contribution >= 0.6 is 0 Å². The van der Waals surface area contributed by atoms with Gasteiger partial charge in [-0.15, -0.1) is 0 Å². The second kappa shape index (κ2) is 10.4. The average Bonchev–Trinajstić information content (AvgIpc) is 2.73. The standard InChI is InChI=1S/C21H29N3O4S/c1-5-24(6-2)29(26,27)20-13-7-17(8-14-20)16(3)22-15-21(25)23-18-9-11-19(28-4)12-10-18/h7-14,16,22H,5-6,15H2,1-4H3,(H,23,25)/p+1/t16-/m1/s1. The fraction of sp³-hybridized carbons (Fsp3) is 0.381. The first-order chi connectivity index (χ1) is 13.8. The van der Waals surface area contributed by atoms with Gasteiger partial charge in [0, 0.05) is 24.3 Å². The van der Waals surface area contributed by atoms with Crippen LogP contribution in [0.2, 0.25) is 0 Å². The zero-order chi connectivity index (χ0) is 21.4. The van der Waals surface area contributed by atoms with E-state index in [1.807, 2.05) is 26.1 Å². The number of nitrogens with two attached hydrogens (primary N) is 1. The molecule has 158 valence electrons. The van der Waals surface area contributed by atoms with Gasteiger partial charge in [-0.1, -0.05) is 26.0 Å². The van der Waals surface area contributed by atoms with Gasteiger partial charge < -0.3 is 15.4 Å². The third-order valence-corrected chi connectivity index (χ3v) is 6.84. The van der Waals surface area contributed by atoms with Crippen LogP contribution in [-0.4, -0.2) is 45.4 Å². The molecule has 2 aromatic carbocycles. The molecule has 29 heavy (non-hydrogen) atoms. The van der Waals surface area contributed by atoms with Crippen LogP contribution in [0, 0.1) is 0 Å². The normalized spacial score (nSPS) is 12.6. The Morgan fingerprint density at radius 2 is 1.66 bits per heavy atom. The Balaban J connectivity index is 1.93. The van der Waals surface area contributed by atoms with Gasteiger partial charge in [-0.3, -0.25) is 4.79 Å². The van der Waals surface area contributed by atoms with Crippen molar-refractivity contribution < 1.29 is 23.3 Å². The fourth-order valence-corrected chi connectivity index (χ4v) is 4.42. The molecule has 0 bridgehead atoms. The number of sulfonamides is 1. The number of amides is 1. The van der Waals surface area contributed by atoms with Crippen molar-refractivity contribution in [2.45, 2.75) is 31.7 Å². The van der Waals surface area contributed by atoms with E-state index in [4.69, 9.17) is 4.74 Å². The second-order valence-electron chi connectivity index (χ2n) is 6.66. The molecule has 0 aliphatic carbocycles. The molecule has 0 aliphatic heterocycles. The minimum absolute atomic E-state index is 0.0156. The first kappa shape index (κ1) is 22.9. The summed E-state index contributed by atoms with van der Waals surface area (Å²) in [6, 6.07) is 14.0. The first-order valence-corrected chi connectivity index (χ1v) is 11.1. The third-order valence-electron chi connectivity index (χ3n) is 4.78. The summed E-state index contributed by atoms with van der Waals surface area (Å²) in [6.07, 6.45) is 0. The highest BCUT2D eigenvalue weighted by atomic mass is 32.2. The van der Waals surface area contributed by atoms with Gasteiger partial charge in [0.15, 0.2) is 6.54 Å². The highest BCUT2D eigenvalue weighted by Gasteiger charge is 2.22. The summed E-state index contributed by atoms with van der Waals surface area (Å²) in [5.41, 5.74) is 1.67. The minimum atomic E-state index is -3.46. The number of benzene rings is 2. The molecule has 1 atom stereocenters. The van der Waals surface area contributed by atoms with Crippen LogP contribution in [0.15, 0.2) is 53.4 Å². The molecule has 1 amide bonds. The zero-order valence-electron chi connectivity index (χ0n) is 17.4. The Hall–Kier alpha value is -2.42. The molecule has 0 aromatic heterocycles. The van der Waals surface area contributed by atoms with E-state index in [2.05, 4.69) is 5.32 Å². The molecule has 0 spiro atoms. The van der Waals surface area contributed by atoms with Gasteiger partial charge in [-0.25, -0.2) is 8.42 Å². The lowest BCUT2D eigenvalue weighted by Crippen LogP contribution is -2.86. The molecule has 0 unspecified atom stereocenters. The Kier molecular flexibility index (Phi) is 8.19. The Morgan fingerprint density at radius 3 is 2.17 bits per heavy atom. The highest BCUT2D eigenvalue weighted by molar-refractivity contribution is 7.89. The smallest absolute Gasteiger partial charge is 0.279 e. The van der Waals surface area contributed by atoms with Crippen LogP contribution in [0.25, 0.3) is 0 Å². The summed E-state index contributed by atoms with van der Waals surface area (Å²) >= 11 is 0. The molecular formula is C21H30N3O4S+. The fourth-order valence-electron chi connectivity index (χ4n) is 2.96. The van der Waals surface area contributed by atoms with Gasteiger partial charge in [0.2, 0.25) is 10.0 Å². The van der Waals surface area contributed by atoms with Crippen molar-refractivity contribution in [1.29, 1.82) is 0 Å². The number of rotatable bonds is 10. The van der Waals surface area contributed by atoms with E-state index in [9.17, 15) is 13.2 Å². The van der Waals surface area contributed by atoms with E-state index in [1.165, 1.54) is 4.31 Å². The summed E-state index contributed by atoms with van der Waals surface area (Å²) in [7, 11) is -1.87. The maximum atomic E-state index is 12.6. The van der Waals surface area contributed by atoms with Gasteiger partial charge in [-0.2, -0.15) is 4.31 Å². The van der Waals surface area contributed by atoms with Crippen LogP contribution in [0.4, 0.5) is 5.69 Å². The van der Waals surface area contributed by atoms with Crippen LogP contribution in [0.3, 0.4) is 0 Å². The van der Waals surface area contributed by atoms with Crippen molar-refractivity contribution >= 4 is 21.6 Å². The van der Waals surface area contributed by atoms with Crippen LogP contribution in [-0.2, 0) is 14.8 Å². The van der Waals surface area contributed by atoms with Crippen molar-refractivity contribution in [2.24, 2.45) is 0 Å². The molecule has 0 saturated heterocycles. The Bertz CT molecular complexity index is 893. The second-order valence-corrected chi connectivity index (χ2v) is 8.60. The SMILES string of the molecule is CCN(CC)S(=O)(=O)c1ccc([C@@H](C)[NH2+]CC(=O)Nc2ccc(OC)cc2)cc1. The highest BCUT2D eigenvalue weighted by Crippen LogP contribution is 2.18. The van der Waals surface area contributed by atoms with Crippen molar-refractivity contribution in [3.63, 3.8) is 0 Å². The lowest BCUT2D eigenvalue weighted by Gasteiger charge is -2.19. The molecule has 7 nitrogen and oxygen atoms in total.